The molecule has 2 heteroatoms. The Morgan fingerprint density at radius 3 is 2.33 bits per heavy atom. The molecule has 2 aromatic rings. The van der Waals surface area contributed by atoms with Gasteiger partial charge in [-0.05, 0) is 18.6 Å². The normalized spacial score (nSPS) is 10.3. The van der Waals surface area contributed by atoms with Crippen LogP contribution >= 0.6 is 11.6 Å². The molecule has 0 spiro atoms. The lowest BCUT2D eigenvalue weighted by molar-refractivity contribution is 1.47. The zero-order valence-corrected chi connectivity index (χ0v) is 9.25. The first-order valence-corrected chi connectivity index (χ1v) is 5.17. The van der Waals surface area contributed by atoms with Gasteiger partial charge in [0.1, 0.15) is 0 Å². The van der Waals surface area contributed by atoms with Gasteiger partial charge in [0, 0.05) is 5.56 Å². The Kier molecular flexibility index (Phi) is 2.65. The molecule has 0 aliphatic heterocycles. The monoisotopic (exact) mass is 217 g/mol. The van der Waals surface area contributed by atoms with Crippen LogP contribution in [0, 0.1) is 6.92 Å². The lowest BCUT2D eigenvalue weighted by atomic mass is 10.0. The van der Waals surface area contributed by atoms with Gasteiger partial charge in [0.2, 0.25) is 0 Å². The molecule has 0 heterocycles. The van der Waals surface area contributed by atoms with Crippen LogP contribution in [0.4, 0.5) is 5.69 Å². The van der Waals surface area contributed by atoms with Gasteiger partial charge >= 0.3 is 0 Å². The van der Waals surface area contributed by atoms with Crippen molar-refractivity contribution < 1.29 is 0 Å². The van der Waals surface area contributed by atoms with Crippen molar-refractivity contribution in [2.24, 2.45) is 0 Å². The molecule has 0 radical (unpaired) electrons. The van der Waals surface area contributed by atoms with E-state index in [9.17, 15) is 0 Å². The van der Waals surface area contributed by atoms with Crippen molar-refractivity contribution in [2.75, 3.05) is 5.73 Å². The van der Waals surface area contributed by atoms with Crippen LogP contribution < -0.4 is 5.73 Å². The maximum Gasteiger partial charge on any atom is 0.0713 e. The number of benzene rings is 2. The van der Waals surface area contributed by atoms with E-state index < -0.39 is 0 Å². The third kappa shape index (κ3) is 1.97. The van der Waals surface area contributed by atoms with Crippen LogP contribution in [-0.4, -0.2) is 0 Å². The van der Waals surface area contributed by atoms with Gasteiger partial charge in [0.05, 0.1) is 10.7 Å². The van der Waals surface area contributed by atoms with Gasteiger partial charge in [0.25, 0.3) is 0 Å². The van der Waals surface area contributed by atoms with Crippen LogP contribution in [0.15, 0.2) is 42.5 Å². The Labute approximate surface area is 94.5 Å². The van der Waals surface area contributed by atoms with E-state index >= 15 is 0 Å². The molecule has 0 aromatic heterocycles. The summed E-state index contributed by atoms with van der Waals surface area (Å²) < 4.78 is 0. The van der Waals surface area contributed by atoms with Gasteiger partial charge in [-0.25, -0.2) is 0 Å². The summed E-state index contributed by atoms with van der Waals surface area (Å²) in [5.74, 6) is 0. The van der Waals surface area contributed by atoms with Crippen LogP contribution in [0.3, 0.4) is 0 Å². The fourth-order valence-corrected chi connectivity index (χ4v) is 1.74. The van der Waals surface area contributed by atoms with Gasteiger partial charge < -0.3 is 5.73 Å². The van der Waals surface area contributed by atoms with E-state index in [-0.39, 0.29) is 0 Å². The maximum atomic E-state index is 6.14. The summed E-state index contributed by atoms with van der Waals surface area (Å²) in [4.78, 5) is 0. The van der Waals surface area contributed by atoms with E-state index in [1.54, 1.807) is 6.07 Å². The fraction of sp³-hybridized carbons (Fsp3) is 0.0769. The van der Waals surface area contributed by atoms with Gasteiger partial charge in [-0.1, -0.05) is 53.6 Å². The molecule has 2 N–H and O–H groups in total. The number of halogens is 1. The molecule has 1 nitrogen and oxygen atoms in total. The summed E-state index contributed by atoms with van der Waals surface area (Å²) in [6, 6.07) is 13.9. The minimum Gasteiger partial charge on any atom is -0.398 e. The molecular weight excluding hydrogens is 206 g/mol. The number of nitrogen functional groups attached to an aromatic ring is 1. The molecule has 0 atom stereocenters. The van der Waals surface area contributed by atoms with Gasteiger partial charge in [-0.2, -0.15) is 0 Å². The van der Waals surface area contributed by atoms with Crippen LogP contribution in [0.1, 0.15) is 5.56 Å². The second-order valence-electron chi connectivity index (χ2n) is 3.57. The quantitative estimate of drug-likeness (QED) is 0.721. The topological polar surface area (TPSA) is 26.0 Å². The average molecular weight is 218 g/mol. The van der Waals surface area contributed by atoms with Crippen molar-refractivity contribution >= 4 is 17.3 Å². The second-order valence-corrected chi connectivity index (χ2v) is 3.95. The summed E-state index contributed by atoms with van der Waals surface area (Å²) in [5.41, 5.74) is 9.69. The molecule has 0 saturated carbocycles. The molecule has 0 amide bonds. The van der Waals surface area contributed by atoms with Crippen molar-refractivity contribution in [3.05, 3.63) is 53.1 Å². The largest absolute Gasteiger partial charge is 0.398 e. The van der Waals surface area contributed by atoms with Crippen molar-refractivity contribution in [1.82, 2.24) is 0 Å². The highest BCUT2D eigenvalue weighted by molar-refractivity contribution is 6.35. The van der Waals surface area contributed by atoms with Crippen molar-refractivity contribution in [3.8, 4) is 11.1 Å². The van der Waals surface area contributed by atoms with Gasteiger partial charge in [0.15, 0.2) is 0 Å². The highest BCUT2D eigenvalue weighted by Crippen LogP contribution is 2.31. The number of aryl methyl sites for hydroxylation is 1. The Bertz CT molecular complexity index is 474. The first-order chi connectivity index (χ1) is 7.18. The first kappa shape index (κ1) is 10.1. The SMILES string of the molecule is Cc1ccc(-c2cccc(N)c2Cl)cc1. The summed E-state index contributed by atoms with van der Waals surface area (Å²) in [6.07, 6.45) is 0. The first-order valence-electron chi connectivity index (χ1n) is 4.79. The lowest BCUT2D eigenvalue weighted by Gasteiger charge is -2.06. The molecule has 0 bridgehead atoms. The fourth-order valence-electron chi connectivity index (χ4n) is 1.51. The van der Waals surface area contributed by atoms with E-state index in [0.29, 0.717) is 10.7 Å². The molecule has 0 fully saturated rings. The Morgan fingerprint density at radius 1 is 1.00 bits per heavy atom. The average Bonchev–Trinajstić information content (AvgIpc) is 2.24. The molecule has 0 aliphatic carbocycles. The predicted molar refractivity (Wildman–Crippen MR) is 66.0 cm³/mol. The molecular formula is C13H12ClN. The van der Waals surface area contributed by atoms with Crippen LogP contribution in [-0.2, 0) is 0 Å². The molecule has 2 aromatic carbocycles. The van der Waals surface area contributed by atoms with Crippen LogP contribution in [0.25, 0.3) is 11.1 Å². The number of nitrogens with two attached hydrogens (primary N) is 1. The third-order valence-electron chi connectivity index (χ3n) is 2.39. The smallest absolute Gasteiger partial charge is 0.0713 e. The van der Waals surface area contributed by atoms with Gasteiger partial charge in [-0.15, -0.1) is 0 Å². The highest BCUT2D eigenvalue weighted by atomic mass is 35.5. The minimum absolute atomic E-state index is 0.620. The summed E-state index contributed by atoms with van der Waals surface area (Å²) in [7, 11) is 0. The zero-order valence-electron chi connectivity index (χ0n) is 8.50. The zero-order chi connectivity index (χ0) is 10.8. The minimum atomic E-state index is 0.620. The Balaban J connectivity index is 2.54. The molecule has 0 unspecified atom stereocenters. The van der Waals surface area contributed by atoms with E-state index in [2.05, 4.69) is 31.2 Å². The maximum absolute atomic E-state index is 6.14. The van der Waals surface area contributed by atoms with E-state index in [1.807, 2.05) is 12.1 Å². The number of hydrogen-bond donors (Lipinski definition) is 1. The molecule has 0 saturated heterocycles. The van der Waals surface area contributed by atoms with E-state index in [0.717, 1.165) is 11.1 Å². The summed E-state index contributed by atoms with van der Waals surface area (Å²) >= 11 is 6.14. The van der Waals surface area contributed by atoms with Crippen molar-refractivity contribution in [1.29, 1.82) is 0 Å². The predicted octanol–water partition coefficient (Wildman–Crippen LogP) is 3.90. The van der Waals surface area contributed by atoms with E-state index in [4.69, 9.17) is 17.3 Å². The van der Waals surface area contributed by atoms with Crippen LogP contribution in [0.2, 0.25) is 5.02 Å². The Hall–Kier alpha value is -1.47. The van der Waals surface area contributed by atoms with Crippen molar-refractivity contribution in [3.63, 3.8) is 0 Å². The number of rotatable bonds is 1. The molecule has 2 rings (SSSR count). The third-order valence-corrected chi connectivity index (χ3v) is 2.81. The second kappa shape index (κ2) is 3.95. The number of hydrogen-bond acceptors (Lipinski definition) is 1. The van der Waals surface area contributed by atoms with Crippen molar-refractivity contribution in [2.45, 2.75) is 6.92 Å². The summed E-state index contributed by atoms with van der Waals surface area (Å²) in [5, 5.41) is 0.626. The standard InChI is InChI=1S/C13H12ClN/c1-9-5-7-10(8-6-9)11-3-2-4-12(15)13(11)14/h2-8H,15H2,1H3. The van der Waals surface area contributed by atoms with Crippen LogP contribution in [0.5, 0.6) is 0 Å². The molecule has 76 valence electrons. The lowest BCUT2D eigenvalue weighted by Crippen LogP contribution is -1.88. The Morgan fingerprint density at radius 2 is 1.67 bits per heavy atom. The number of anilines is 1. The molecule has 15 heavy (non-hydrogen) atoms. The van der Waals surface area contributed by atoms with Gasteiger partial charge in [-0.3, -0.25) is 0 Å². The molecule has 0 aliphatic rings. The highest BCUT2D eigenvalue weighted by Gasteiger charge is 2.04. The summed E-state index contributed by atoms with van der Waals surface area (Å²) in [6.45, 7) is 2.06. The van der Waals surface area contributed by atoms with E-state index in [1.165, 1.54) is 5.56 Å².